The van der Waals surface area contributed by atoms with Crippen LogP contribution in [0.15, 0.2) is 0 Å². The Morgan fingerprint density at radius 3 is 2.27 bits per heavy atom. The lowest BCUT2D eigenvalue weighted by Gasteiger charge is -2.17. The molecule has 0 radical (unpaired) electrons. The smallest absolute Gasteiger partial charge is 0.00103 e. The van der Waals surface area contributed by atoms with Crippen molar-refractivity contribution in [3.05, 3.63) is 0 Å². The first-order valence-electron chi connectivity index (χ1n) is 6.23. The van der Waals surface area contributed by atoms with Gasteiger partial charge in [0.05, 0.1) is 0 Å². The number of hydrogen-bond acceptors (Lipinski definition) is 3. The van der Waals surface area contributed by atoms with Crippen molar-refractivity contribution in [2.75, 3.05) is 40.3 Å². The first-order chi connectivity index (χ1) is 7.16. The summed E-state index contributed by atoms with van der Waals surface area (Å²) in [6, 6.07) is 0.617. The summed E-state index contributed by atoms with van der Waals surface area (Å²) >= 11 is 0. The highest BCUT2D eigenvalue weighted by molar-refractivity contribution is 4.57. The lowest BCUT2D eigenvalue weighted by Crippen LogP contribution is -2.28. The van der Waals surface area contributed by atoms with Gasteiger partial charge in [0.15, 0.2) is 0 Å². The quantitative estimate of drug-likeness (QED) is 0.538. The first kappa shape index (κ1) is 14.9. The second-order valence-electron chi connectivity index (χ2n) is 4.58. The molecule has 0 rings (SSSR count). The highest BCUT2D eigenvalue weighted by Crippen LogP contribution is 1.93. The van der Waals surface area contributed by atoms with E-state index in [0.29, 0.717) is 6.04 Å². The molecule has 0 aromatic heterocycles. The van der Waals surface area contributed by atoms with Gasteiger partial charge in [-0.3, -0.25) is 0 Å². The van der Waals surface area contributed by atoms with Crippen LogP contribution in [0.5, 0.6) is 0 Å². The Hall–Kier alpha value is -0.120. The Morgan fingerprint density at radius 2 is 1.67 bits per heavy atom. The van der Waals surface area contributed by atoms with Crippen molar-refractivity contribution in [2.24, 2.45) is 0 Å². The van der Waals surface area contributed by atoms with Gasteiger partial charge in [-0.2, -0.15) is 0 Å². The summed E-state index contributed by atoms with van der Waals surface area (Å²) in [6.45, 7) is 9.10. The van der Waals surface area contributed by atoms with Gasteiger partial charge in [-0.15, -0.1) is 0 Å². The fraction of sp³-hybridized carbons (Fsp3) is 1.00. The van der Waals surface area contributed by atoms with Crippen molar-refractivity contribution < 1.29 is 0 Å². The highest BCUT2D eigenvalue weighted by atomic mass is 15.1. The molecule has 0 heterocycles. The standard InChI is InChI=1S/C12H29N3/c1-12(2)14-9-7-11-15(4)10-6-5-8-13-3/h12-14H,5-11H2,1-4H3. The maximum absolute atomic E-state index is 3.44. The lowest BCUT2D eigenvalue weighted by molar-refractivity contribution is 0.317. The second kappa shape index (κ2) is 10.4. The molecule has 0 aliphatic heterocycles. The van der Waals surface area contributed by atoms with E-state index >= 15 is 0 Å². The molecule has 0 amide bonds. The fourth-order valence-corrected chi connectivity index (χ4v) is 1.54. The van der Waals surface area contributed by atoms with Crippen molar-refractivity contribution >= 4 is 0 Å². The Kier molecular flexibility index (Phi) is 10.3. The van der Waals surface area contributed by atoms with Gasteiger partial charge in [0, 0.05) is 6.04 Å². The molecule has 3 nitrogen and oxygen atoms in total. The molecule has 0 spiro atoms. The molecule has 0 aliphatic carbocycles. The van der Waals surface area contributed by atoms with E-state index in [4.69, 9.17) is 0 Å². The zero-order valence-electron chi connectivity index (χ0n) is 11.0. The van der Waals surface area contributed by atoms with E-state index in [1.807, 2.05) is 7.05 Å². The van der Waals surface area contributed by atoms with Gasteiger partial charge in [-0.1, -0.05) is 13.8 Å². The predicted molar refractivity (Wildman–Crippen MR) is 68.4 cm³/mol. The Labute approximate surface area is 95.6 Å². The van der Waals surface area contributed by atoms with Crippen LogP contribution in [0, 0.1) is 0 Å². The number of rotatable bonds is 10. The molecule has 3 heteroatoms. The minimum atomic E-state index is 0.617. The van der Waals surface area contributed by atoms with Gasteiger partial charge < -0.3 is 15.5 Å². The van der Waals surface area contributed by atoms with E-state index in [9.17, 15) is 0 Å². The highest BCUT2D eigenvalue weighted by Gasteiger charge is 1.98. The Morgan fingerprint density at radius 1 is 1.00 bits per heavy atom. The molecule has 0 aromatic rings. The average Bonchev–Trinajstić information content (AvgIpc) is 2.19. The number of nitrogens with zero attached hydrogens (tertiary/aromatic N) is 1. The molecular formula is C12H29N3. The lowest BCUT2D eigenvalue weighted by atomic mass is 10.3. The molecule has 0 fully saturated rings. The van der Waals surface area contributed by atoms with E-state index in [1.165, 1.54) is 32.4 Å². The summed E-state index contributed by atoms with van der Waals surface area (Å²) < 4.78 is 0. The van der Waals surface area contributed by atoms with Crippen LogP contribution in [-0.4, -0.2) is 51.2 Å². The van der Waals surface area contributed by atoms with E-state index in [2.05, 4.69) is 36.4 Å². The minimum Gasteiger partial charge on any atom is -0.320 e. The summed E-state index contributed by atoms with van der Waals surface area (Å²) in [7, 11) is 4.23. The van der Waals surface area contributed by atoms with Crippen LogP contribution in [-0.2, 0) is 0 Å². The Bertz CT molecular complexity index is 126. The normalized spacial score (nSPS) is 11.6. The maximum atomic E-state index is 3.44. The molecule has 92 valence electrons. The SMILES string of the molecule is CNCCCCN(C)CCCNC(C)C. The zero-order valence-corrected chi connectivity index (χ0v) is 11.0. The van der Waals surface area contributed by atoms with Crippen molar-refractivity contribution in [3.63, 3.8) is 0 Å². The van der Waals surface area contributed by atoms with E-state index in [0.717, 1.165) is 13.1 Å². The van der Waals surface area contributed by atoms with Crippen LogP contribution < -0.4 is 10.6 Å². The third kappa shape index (κ3) is 11.8. The molecule has 0 aliphatic rings. The topological polar surface area (TPSA) is 27.3 Å². The van der Waals surface area contributed by atoms with Crippen molar-refractivity contribution in [1.29, 1.82) is 0 Å². The van der Waals surface area contributed by atoms with Crippen molar-refractivity contribution in [1.82, 2.24) is 15.5 Å². The van der Waals surface area contributed by atoms with Gasteiger partial charge in [0.2, 0.25) is 0 Å². The minimum absolute atomic E-state index is 0.617. The van der Waals surface area contributed by atoms with Crippen LogP contribution in [0.25, 0.3) is 0 Å². The van der Waals surface area contributed by atoms with Gasteiger partial charge in [0.1, 0.15) is 0 Å². The zero-order chi connectivity index (χ0) is 11.5. The molecule has 2 N–H and O–H groups in total. The van der Waals surface area contributed by atoms with Crippen LogP contribution in [0.4, 0.5) is 0 Å². The monoisotopic (exact) mass is 215 g/mol. The molecule has 0 aromatic carbocycles. The number of unbranched alkanes of at least 4 members (excludes halogenated alkanes) is 1. The van der Waals surface area contributed by atoms with Crippen LogP contribution in [0.1, 0.15) is 33.1 Å². The molecule has 15 heavy (non-hydrogen) atoms. The first-order valence-corrected chi connectivity index (χ1v) is 6.23. The van der Waals surface area contributed by atoms with E-state index < -0.39 is 0 Å². The van der Waals surface area contributed by atoms with Gasteiger partial charge in [-0.25, -0.2) is 0 Å². The third-order valence-corrected chi connectivity index (χ3v) is 2.49. The predicted octanol–water partition coefficient (Wildman–Crippen LogP) is 1.31. The number of nitrogens with one attached hydrogen (secondary N) is 2. The van der Waals surface area contributed by atoms with Gasteiger partial charge in [0.25, 0.3) is 0 Å². The van der Waals surface area contributed by atoms with Crippen LogP contribution >= 0.6 is 0 Å². The van der Waals surface area contributed by atoms with Crippen LogP contribution in [0.3, 0.4) is 0 Å². The largest absolute Gasteiger partial charge is 0.320 e. The van der Waals surface area contributed by atoms with Gasteiger partial charge in [-0.05, 0) is 59.5 Å². The molecule has 0 bridgehead atoms. The molecule has 0 unspecified atom stereocenters. The van der Waals surface area contributed by atoms with E-state index in [-0.39, 0.29) is 0 Å². The molecule has 0 saturated carbocycles. The van der Waals surface area contributed by atoms with E-state index in [1.54, 1.807) is 0 Å². The van der Waals surface area contributed by atoms with Crippen LogP contribution in [0.2, 0.25) is 0 Å². The summed E-state index contributed by atoms with van der Waals surface area (Å²) in [5.74, 6) is 0. The second-order valence-corrected chi connectivity index (χ2v) is 4.58. The van der Waals surface area contributed by atoms with Crippen molar-refractivity contribution in [3.8, 4) is 0 Å². The summed E-state index contributed by atoms with van der Waals surface area (Å²) in [6.07, 6.45) is 3.83. The summed E-state index contributed by atoms with van der Waals surface area (Å²) in [4.78, 5) is 2.43. The Balaban J connectivity index is 3.15. The van der Waals surface area contributed by atoms with Crippen molar-refractivity contribution in [2.45, 2.75) is 39.2 Å². The third-order valence-electron chi connectivity index (χ3n) is 2.49. The molecule has 0 atom stereocenters. The average molecular weight is 215 g/mol. The summed E-state index contributed by atoms with van der Waals surface area (Å²) in [5.41, 5.74) is 0. The summed E-state index contributed by atoms with van der Waals surface area (Å²) in [5, 5.41) is 6.62. The van der Waals surface area contributed by atoms with Gasteiger partial charge >= 0.3 is 0 Å². The molecular weight excluding hydrogens is 186 g/mol. The number of hydrogen-bond donors (Lipinski definition) is 2. The fourth-order valence-electron chi connectivity index (χ4n) is 1.54. The maximum Gasteiger partial charge on any atom is 0.00103 e. The molecule has 0 saturated heterocycles.